The van der Waals surface area contributed by atoms with Gasteiger partial charge >= 0.3 is 0 Å². The van der Waals surface area contributed by atoms with Crippen LogP contribution in [0, 0.1) is 17.2 Å². The van der Waals surface area contributed by atoms with Gasteiger partial charge in [-0.3, -0.25) is 9.78 Å². The zero-order valence-electron chi connectivity index (χ0n) is 9.31. The molecule has 0 saturated heterocycles. The Labute approximate surface area is 95.3 Å². The summed E-state index contributed by atoms with van der Waals surface area (Å²) in [7, 11) is 0. The van der Waals surface area contributed by atoms with E-state index in [9.17, 15) is 4.79 Å². The molecule has 4 nitrogen and oxygen atoms in total. The van der Waals surface area contributed by atoms with Crippen molar-refractivity contribution in [2.75, 3.05) is 0 Å². The Morgan fingerprint density at radius 2 is 2.44 bits per heavy atom. The third-order valence-corrected chi connectivity index (χ3v) is 2.22. The molecule has 84 valence electrons. The molecule has 4 heteroatoms. The van der Waals surface area contributed by atoms with Crippen LogP contribution in [-0.4, -0.2) is 10.9 Å². The van der Waals surface area contributed by atoms with E-state index in [4.69, 9.17) is 5.26 Å². The Kier molecular flexibility index (Phi) is 5.00. The molecule has 1 aromatic rings. The molecule has 1 aromatic heterocycles. The number of rotatable bonds is 5. The van der Waals surface area contributed by atoms with Gasteiger partial charge in [-0.15, -0.1) is 0 Å². The highest BCUT2D eigenvalue weighted by atomic mass is 16.1. The standard InChI is InChI=1S/C12H15N3O/c1-2-5-10(8-13)12(16)15-9-11-6-3-4-7-14-11/h3-4,6-7,10H,2,5,9H2,1H3,(H,15,16). The molecular weight excluding hydrogens is 202 g/mol. The number of pyridine rings is 1. The summed E-state index contributed by atoms with van der Waals surface area (Å²) in [5.74, 6) is -0.760. The van der Waals surface area contributed by atoms with E-state index < -0.39 is 5.92 Å². The number of nitriles is 1. The minimum atomic E-state index is -0.547. The molecule has 1 unspecified atom stereocenters. The fourth-order valence-corrected chi connectivity index (χ4v) is 1.35. The number of nitrogens with zero attached hydrogens (tertiary/aromatic N) is 2. The maximum absolute atomic E-state index is 11.6. The van der Waals surface area contributed by atoms with Crippen molar-refractivity contribution in [3.05, 3.63) is 30.1 Å². The first-order valence-corrected chi connectivity index (χ1v) is 5.35. The van der Waals surface area contributed by atoms with Crippen LogP contribution in [0.5, 0.6) is 0 Å². The van der Waals surface area contributed by atoms with E-state index in [-0.39, 0.29) is 5.91 Å². The number of carbonyl (C=O) groups is 1. The third kappa shape index (κ3) is 3.70. The normalized spacial score (nSPS) is 11.5. The van der Waals surface area contributed by atoms with Crippen molar-refractivity contribution in [1.82, 2.24) is 10.3 Å². The number of amides is 1. The third-order valence-electron chi connectivity index (χ3n) is 2.22. The van der Waals surface area contributed by atoms with E-state index in [0.29, 0.717) is 13.0 Å². The Morgan fingerprint density at radius 3 is 3.00 bits per heavy atom. The predicted octanol–water partition coefficient (Wildman–Crippen LogP) is 1.64. The highest BCUT2D eigenvalue weighted by Gasteiger charge is 2.15. The molecule has 0 radical (unpaired) electrons. The van der Waals surface area contributed by atoms with Crippen LogP contribution >= 0.6 is 0 Å². The highest BCUT2D eigenvalue weighted by molar-refractivity contribution is 5.80. The average Bonchev–Trinajstić information content (AvgIpc) is 2.34. The number of hydrogen-bond acceptors (Lipinski definition) is 3. The summed E-state index contributed by atoms with van der Waals surface area (Å²) in [5.41, 5.74) is 0.795. The zero-order chi connectivity index (χ0) is 11.8. The summed E-state index contributed by atoms with van der Waals surface area (Å²) in [5, 5.41) is 11.5. The second-order valence-corrected chi connectivity index (χ2v) is 3.51. The van der Waals surface area contributed by atoms with E-state index in [1.807, 2.05) is 31.2 Å². The molecule has 16 heavy (non-hydrogen) atoms. The van der Waals surface area contributed by atoms with Gasteiger partial charge in [-0.25, -0.2) is 0 Å². The number of hydrogen-bond donors (Lipinski definition) is 1. The Balaban J connectivity index is 2.44. The van der Waals surface area contributed by atoms with Gasteiger partial charge in [0.25, 0.3) is 0 Å². The molecule has 0 bridgehead atoms. The molecule has 0 aromatic carbocycles. The van der Waals surface area contributed by atoms with Gasteiger partial charge in [-0.05, 0) is 18.6 Å². The molecule has 0 spiro atoms. The maximum Gasteiger partial charge on any atom is 0.237 e. The van der Waals surface area contributed by atoms with Crippen LogP contribution < -0.4 is 5.32 Å². The lowest BCUT2D eigenvalue weighted by molar-refractivity contribution is -0.123. The molecule has 0 aliphatic heterocycles. The number of carbonyl (C=O) groups excluding carboxylic acids is 1. The minimum absolute atomic E-state index is 0.213. The fourth-order valence-electron chi connectivity index (χ4n) is 1.35. The predicted molar refractivity (Wildman–Crippen MR) is 60.1 cm³/mol. The van der Waals surface area contributed by atoms with Crippen molar-refractivity contribution in [2.24, 2.45) is 5.92 Å². The minimum Gasteiger partial charge on any atom is -0.349 e. The van der Waals surface area contributed by atoms with Gasteiger partial charge in [0.05, 0.1) is 18.3 Å². The molecule has 1 heterocycles. The van der Waals surface area contributed by atoms with Crippen LogP contribution in [0.1, 0.15) is 25.5 Å². The summed E-state index contributed by atoms with van der Waals surface area (Å²) in [6, 6.07) is 7.52. The summed E-state index contributed by atoms with van der Waals surface area (Å²) in [4.78, 5) is 15.7. The first kappa shape index (κ1) is 12.2. The van der Waals surface area contributed by atoms with Gasteiger partial charge < -0.3 is 5.32 Å². The van der Waals surface area contributed by atoms with Gasteiger partial charge in [0.2, 0.25) is 5.91 Å². The van der Waals surface area contributed by atoms with Crippen molar-refractivity contribution in [1.29, 1.82) is 5.26 Å². The average molecular weight is 217 g/mol. The lowest BCUT2D eigenvalue weighted by Gasteiger charge is -2.08. The van der Waals surface area contributed by atoms with E-state index in [0.717, 1.165) is 12.1 Å². The summed E-state index contributed by atoms with van der Waals surface area (Å²) < 4.78 is 0. The fraction of sp³-hybridized carbons (Fsp3) is 0.417. The van der Waals surface area contributed by atoms with Crippen LogP contribution in [0.2, 0.25) is 0 Å². The number of aromatic nitrogens is 1. The molecule has 0 saturated carbocycles. The van der Waals surface area contributed by atoms with Crippen LogP contribution in [0.3, 0.4) is 0 Å². The first-order chi connectivity index (χ1) is 7.77. The van der Waals surface area contributed by atoms with Gasteiger partial charge in [0.15, 0.2) is 0 Å². The highest BCUT2D eigenvalue weighted by Crippen LogP contribution is 2.05. The quantitative estimate of drug-likeness (QED) is 0.815. The first-order valence-electron chi connectivity index (χ1n) is 5.35. The summed E-state index contributed by atoms with van der Waals surface area (Å²) >= 11 is 0. The molecular formula is C12H15N3O. The SMILES string of the molecule is CCCC(C#N)C(=O)NCc1ccccn1. The van der Waals surface area contributed by atoms with Crippen molar-refractivity contribution in [3.63, 3.8) is 0 Å². The van der Waals surface area contributed by atoms with Crippen LogP contribution in [0.25, 0.3) is 0 Å². The second-order valence-electron chi connectivity index (χ2n) is 3.51. The monoisotopic (exact) mass is 217 g/mol. The molecule has 1 rings (SSSR count). The van der Waals surface area contributed by atoms with Crippen LogP contribution in [0.15, 0.2) is 24.4 Å². The van der Waals surface area contributed by atoms with Crippen LogP contribution in [0.4, 0.5) is 0 Å². The Hall–Kier alpha value is -1.89. The van der Waals surface area contributed by atoms with Crippen LogP contribution in [-0.2, 0) is 11.3 Å². The second kappa shape index (κ2) is 6.57. The smallest absolute Gasteiger partial charge is 0.237 e. The largest absolute Gasteiger partial charge is 0.349 e. The number of nitrogens with one attached hydrogen (secondary N) is 1. The lowest BCUT2D eigenvalue weighted by Crippen LogP contribution is -2.29. The van der Waals surface area contributed by atoms with Crippen molar-refractivity contribution in [2.45, 2.75) is 26.3 Å². The molecule has 0 fully saturated rings. The van der Waals surface area contributed by atoms with E-state index >= 15 is 0 Å². The van der Waals surface area contributed by atoms with Crippen molar-refractivity contribution >= 4 is 5.91 Å². The van der Waals surface area contributed by atoms with Gasteiger partial charge in [0, 0.05) is 6.20 Å². The van der Waals surface area contributed by atoms with Gasteiger partial charge in [-0.2, -0.15) is 5.26 Å². The Morgan fingerprint density at radius 1 is 1.62 bits per heavy atom. The summed E-state index contributed by atoms with van der Waals surface area (Å²) in [6.45, 7) is 2.33. The lowest BCUT2D eigenvalue weighted by atomic mass is 10.1. The van der Waals surface area contributed by atoms with E-state index in [1.54, 1.807) is 6.20 Å². The zero-order valence-corrected chi connectivity index (χ0v) is 9.31. The van der Waals surface area contributed by atoms with Gasteiger partial charge in [-0.1, -0.05) is 19.4 Å². The van der Waals surface area contributed by atoms with E-state index in [2.05, 4.69) is 10.3 Å². The van der Waals surface area contributed by atoms with Gasteiger partial charge in [0.1, 0.15) is 5.92 Å². The molecule has 1 N–H and O–H groups in total. The molecule has 1 amide bonds. The van der Waals surface area contributed by atoms with E-state index in [1.165, 1.54) is 0 Å². The summed E-state index contributed by atoms with van der Waals surface area (Å²) in [6.07, 6.45) is 3.11. The topological polar surface area (TPSA) is 65.8 Å². The molecule has 0 aliphatic rings. The maximum atomic E-state index is 11.6. The van der Waals surface area contributed by atoms with Crippen molar-refractivity contribution in [3.8, 4) is 6.07 Å². The molecule has 1 atom stereocenters. The Bertz CT molecular complexity index is 370. The molecule has 0 aliphatic carbocycles. The van der Waals surface area contributed by atoms with Crippen molar-refractivity contribution < 1.29 is 4.79 Å².